The molecule has 172 valence electrons. The van der Waals surface area contributed by atoms with Crippen molar-refractivity contribution < 1.29 is 14.3 Å². The van der Waals surface area contributed by atoms with Crippen LogP contribution in [0.1, 0.15) is 41.0 Å². The number of ether oxygens (including phenoxy) is 2. The van der Waals surface area contributed by atoms with Crippen LogP contribution in [0.25, 0.3) is 5.69 Å². The van der Waals surface area contributed by atoms with Gasteiger partial charge in [-0.15, -0.1) is 0 Å². The molecular weight excluding hydrogens is 438 g/mol. The lowest BCUT2D eigenvalue weighted by Crippen LogP contribution is -2.46. The summed E-state index contributed by atoms with van der Waals surface area (Å²) in [5.74, 6) is 0.821. The lowest BCUT2D eigenvalue weighted by Gasteiger charge is -2.38. The van der Waals surface area contributed by atoms with E-state index in [1.54, 1.807) is 0 Å². The first kappa shape index (κ1) is 22.0. The second-order valence-corrected chi connectivity index (χ2v) is 9.51. The number of amides is 1. The Balaban J connectivity index is 1.21. The highest BCUT2D eigenvalue weighted by Gasteiger charge is 2.44. The van der Waals surface area contributed by atoms with E-state index in [2.05, 4.69) is 5.10 Å². The number of hydrogen-bond acceptors (Lipinski definition) is 4. The van der Waals surface area contributed by atoms with Crippen molar-refractivity contribution in [2.45, 2.75) is 44.8 Å². The number of hydrogen-bond donors (Lipinski definition) is 0. The van der Waals surface area contributed by atoms with Crippen LogP contribution in [0.4, 0.5) is 0 Å². The highest BCUT2D eigenvalue weighted by atomic mass is 35.5. The highest BCUT2D eigenvalue weighted by Crippen LogP contribution is 2.38. The minimum absolute atomic E-state index is 0.00293. The van der Waals surface area contributed by atoms with Crippen molar-refractivity contribution in [3.05, 3.63) is 76.6 Å². The number of carbonyl (C=O) groups is 1. The zero-order valence-corrected chi connectivity index (χ0v) is 19.7. The van der Waals surface area contributed by atoms with Crippen LogP contribution in [-0.2, 0) is 4.74 Å². The summed E-state index contributed by atoms with van der Waals surface area (Å²) in [6.45, 7) is 5.89. The standard InChI is InChI=1S/C26H28ClN3O3/c1-18-13-19(2)30(28-18)22-7-3-5-20(14-22)25(31)29-11-9-26(10-12-29)16-24(17-32-26)33-23-8-4-6-21(27)15-23/h3-8,13-15,24H,9-12,16-17H2,1-2H3. The van der Waals surface area contributed by atoms with Gasteiger partial charge in [-0.05, 0) is 69.2 Å². The van der Waals surface area contributed by atoms with Crippen LogP contribution < -0.4 is 4.74 Å². The monoisotopic (exact) mass is 465 g/mol. The molecule has 1 aromatic heterocycles. The van der Waals surface area contributed by atoms with Gasteiger partial charge in [0.25, 0.3) is 5.91 Å². The van der Waals surface area contributed by atoms with Crippen LogP contribution >= 0.6 is 11.6 Å². The van der Waals surface area contributed by atoms with Crippen LogP contribution in [0.15, 0.2) is 54.6 Å². The normalized spacial score (nSPS) is 19.7. The lowest BCUT2D eigenvalue weighted by atomic mass is 9.87. The number of aromatic nitrogens is 2. The smallest absolute Gasteiger partial charge is 0.253 e. The predicted molar refractivity (Wildman–Crippen MR) is 127 cm³/mol. The Morgan fingerprint density at radius 3 is 2.64 bits per heavy atom. The van der Waals surface area contributed by atoms with Crippen LogP contribution in [0.5, 0.6) is 5.75 Å². The number of halogens is 1. The molecule has 0 radical (unpaired) electrons. The van der Waals surface area contributed by atoms with Gasteiger partial charge in [0.05, 0.1) is 23.6 Å². The number of likely N-dealkylation sites (tertiary alicyclic amines) is 1. The Morgan fingerprint density at radius 1 is 1.12 bits per heavy atom. The maximum atomic E-state index is 13.2. The van der Waals surface area contributed by atoms with Crippen LogP contribution in [0.3, 0.4) is 0 Å². The van der Waals surface area contributed by atoms with Crippen molar-refractivity contribution in [3.8, 4) is 11.4 Å². The molecule has 3 aromatic rings. The molecule has 1 amide bonds. The van der Waals surface area contributed by atoms with Crippen molar-refractivity contribution in [1.29, 1.82) is 0 Å². The van der Waals surface area contributed by atoms with Gasteiger partial charge in [-0.1, -0.05) is 23.7 Å². The van der Waals surface area contributed by atoms with Gasteiger partial charge in [0, 0.05) is 35.8 Å². The maximum Gasteiger partial charge on any atom is 0.253 e. The fraction of sp³-hybridized carbons (Fsp3) is 0.385. The minimum atomic E-state index is -0.217. The lowest BCUT2D eigenvalue weighted by molar-refractivity contribution is -0.0395. The minimum Gasteiger partial charge on any atom is -0.488 e. The van der Waals surface area contributed by atoms with Crippen LogP contribution in [0.2, 0.25) is 5.02 Å². The van der Waals surface area contributed by atoms with Crippen molar-refractivity contribution >= 4 is 17.5 Å². The molecule has 3 heterocycles. The Hall–Kier alpha value is -2.83. The Labute approximate surface area is 199 Å². The molecular formula is C26H28ClN3O3. The Bertz CT molecular complexity index is 1170. The van der Waals surface area contributed by atoms with E-state index < -0.39 is 0 Å². The average Bonchev–Trinajstić information content (AvgIpc) is 3.35. The summed E-state index contributed by atoms with van der Waals surface area (Å²) >= 11 is 6.07. The van der Waals surface area contributed by atoms with E-state index in [9.17, 15) is 4.79 Å². The molecule has 6 nitrogen and oxygen atoms in total. The van der Waals surface area contributed by atoms with Crippen LogP contribution in [0, 0.1) is 13.8 Å². The first-order chi connectivity index (χ1) is 15.9. The molecule has 33 heavy (non-hydrogen) atoms. The number of piperidine rings is 1. The zero-order chi connectivity index (χ0) is 23.0. The molecule has 2 aliphatic heterocycles. The van der Waals surface area contributed by atoms with Crippen LogP contribution in [-0.4, -0.2) is 52.0 Å². The second-order valence-electron chi connectivity index (χ2n) is 9.08. The maximum absolute atomic E-state index is 13.2. The first-order valence-corrected chi connectivity index (χ1v) is 11.8. The third kappa shape index (κ3) is 4.63. The van der Waals surface area contributed by atoms with E-state index in [1.807, 2.05) is 78.0 Å². The van der Waals surface area contributed by atoms with E-state index >= 15 is 0 Å². The molecule has 1 atom stereocenters. The molecule has 1 unspecified atom stereocenters. The first-order valence-electron chi connectivity index (χ1n) is 11.4. The molecule has 7 heteroatoms. The van der Waals surface area contributed by atoms with Crippen molar-refractivity contribution in [1.82, 2.24) is 14.7 Å². The van der Waals surface area contributed by atoms with Gasteiger partial charge >= 0.3 is 0 Å². The summed E-state index contributed by atoms with van der Waals surface area (Å²) in [7, 11) is 0. The number of benzene rings is 2. The van der Waals surface area contributed by atoms with Gasteiger partial charge in [-0.25, -0.2) is 4.68 Å². The molecule has 5 rings (SSSR count). The molecule has 0 saturated carbocycles. The fourth-order valence-corrected chi connectivity index (χ4v) is 5.10. The number of nitrogens with zero attached hydrogens (tertiary/aromatic N) is 3. The van der Waals surface area contributed by atoms with Gasteiger partial charge in [-0.2, -0.15) is 5.10 Å². The second kappa shape index (κ2) is 8.84. The van der Waals surface area contributed by atoms with E-state index in [0.717, 1.165) is 42.1 Å². The Kier molecular flexibility index (Phi) is 5.89. The molecule has 0 aliphatic carbocycles. The number of carbonyl (C=O) groups excluding carboxylic acids is 1. The van der Waals surface area contributed by atoms with Crippen molar-refractivity contribution in [2.75, 3.05) is 19.7 Å². The van der Waals surface area contributed by atoms with Crippen molar-refractivity contribution in [3.63, 3.8) is 0 Å². The van der Waals surface area contributed by atoms with Gasteiger partial charge in [-0.3, -0.25) is 4.79 Å². The molecule has 2 fully saturated rings. The molecule has 2 aliphatic rings. The summed E-state index contributed by atoms with van der Waals surface area (Å²) in [6.07, 6.45) is 2.45. The fourth-order valence-electron chi connectivity index (χ4n) is 4.92. The molecule has 0 bridgehead atoms. The quantitative estimate of drug-likeness (QED) is 0.545. The molecule has 2 saturated heterocycles. The van der Waals surface area contributed by atoms with Gasteiger partial charge in [0.1, 0.15) is 11.9 Å². The third-order valence-corrected chi connectivity index (χ3v) is 6.82. The Morgan fingerprint density at radius 2 is 1.91 bits per heavy atom. The van der Waals surface area contributed by atoms with E-state index in [4.69, 9.17) is 21.1 Å². The average molecular weight is 466 g/mol. The number of rotatable bonds is 4. The van der Waals surface area contributed by atoms with Gasteiger partial charge in [0.2, 0.25) is 0 Å². The summed E-state index contributed by atoms with van der Waals surface area (Å²) in [5, 5.41) is 5.20. The van der Waals surface area contributed by atoms with E-state index in [1.165, 1.54) is 0 Å². The zero-order valence-electron chi connectivity index (χ0n) is 19.0. The summed E-state index contributed by atoms with van der Waals surface area (Å²) in [5.41, 5.74) is 3.38. The van der Waals surface area contributed by atoms with E-state index in [-0.39, 0.29) is 17.6 Å². The van der Waals surface area contributed by atoms with Gasteiger partial charge in [0.15, 0.2) is 0 Å². The summed E-state index contributed by atoms with van der Waals surface area (Å²) in [4.78, 5) is 15.2. The molecule has 1 spiro atoms. The highest BCUT2D eigenvalue weighted by molar-refractivity contribution is 6.30. The van der Waals surface area contributed by atoms with Gasteiger partial charge < -0.3 is 14.4 Å². The predicted octanol–water partition coefficient (Wildman–Crippen LogP) is 4.99. The third-order valence-electron chi connectivity index (χ3n) is 6.58. The SMILES string of the molecule is Cc1cc(C)n(-c2cccc(C(=O)N3CCC4(CC3)CC(Oc3cccc(Cl)c3)CO4)c2)n1. The topological polar surface area (TPSA) is 56.6 Å². The van der Waals surface area contributed by atoms with E-state index in [0.29, 0.717) is 30.3 Å². The summed E-state index contributed by atoms with van der Waals surface area (Å²) in [6, 6.07) is 17.2. The largest absolute Gasteiger partial charge is 0.488 e. The summed E-state index contributed by atoms with van der Waals surface area (Å²) < 4.78 is 14.2. The molecule has 2 aromatic carbocycles. The van der Waals surface area contributed by atoms with Crippen molar-refractivity contribution in [2.24, 2.45) is 0 Å². The number of aryl methyl sites for hydroxylation is 2. The molecule has 0 N–H and O–H groups in total.